The monoisotopic (exact) mass is 241 g/mol. The van der Waals surface area contributed by atoms with Crippen LogP contribution in [0, 0.1) is 22.7 Å². The predicted octanol–water partition coefficient (Wildman–Crippen LogP) is 2.70. The second-order valence-electron chi connectivity index (χ2n) is 2.90. The first-order valence-corrected chi connectivity index (χ1v) is 4.81. The molecule has 1 aromatic heterocycles. The molecule has 0 bridgehead atoms. The van der Waals surface area contributed by atoms with Crippen molar-refractivity contribution in [2.45, 2.75) is 18.7 Å². The molecule has 1 aromatic rings. The molecule has 82 valence electrons. The predicted molar refractivity (Wildman–Crippen MR) is 52.8 cm³/mol. The Bertz CT molecular complexity index is 474. The van der Waals surface area contributed by atoms with Gasteiger partial charge < -0.3 is 0 Å². The van der Waals surface area contributed by atoms with Gasteiger partial charge in [0.05, 0.1) is 12.5 Å². The molecule has 1 rings (SSSR count). The molecule has 0 spiro atoms. The summed E-state index contributed by atoms with van der Waals surface area (Å²) in [7, 11) is 0. The number of halogens is 3. The Hall–Kier alpha value is -1.72. The minimum Gasteiger partial charge on any atom is -0.245 e. The zero-order chi connectivity index (χ0) is 12.1. The van der Waals surface area contributed by atoms with Crippen molar-refractivity contribution in [3.8, 4) is 12.1 Å². The number of hydrogen-bond donors (Lipinski definition) is 0. The molecule has 0 N–H and O–H groups in total. The molecular weight excluding hydrogens is 236 g/mol. The lowest BCUT2D eigenvalue weighted by atomic mass is 10.0. The summed E-state index contributed by atoms with van der Waals surface area (Å²) < 4.78 is 25.2. The molecule has 0 aliphatic rings. The first-order valence-electron chi connectivity index (χ1n) is 4.27. The van der Waals surface area contributed by atoms with Crippen LogP contribution in [0.25, 0.3) is 0 Å². The minimum atomic E-state index is -2.72. The molecule has 0 saturated carbocycles. The van der Waals surface area contributed by atoms with E-state index in [1.54, 1.807) is 12.1 Å². The molecule has 0 amide bonds. The van der Waals surface area contributed by atoms with Gasteiger partial charge in [0.2, 0.25) is 0 Å². The van der Waals surface area contributed by atoms with E-state index in [-0.39, 0.29) is 34.7 Å². The summed E-state index contributed by atoms with van der Waals surface area (Å²) in [6, 6.07) is 3.56. The zero-order valence-electron chi connectivity index (χ0n) is 8.04. The topological polar surface area (TPSA) is 60.5 Å². The molecule has 0 unspecified atom stereocenters. The van der Waals surface area contributed by atoms with Crippen LogP contribution >= 0.6 is 11.6 Å². The van der Waals surface area contributed by atoms with Crippen molar-refractivity contribution in [3.63, 3.8) is 0 Å². The van der Waals surface area contributed by atoms with E-state index in [4.69, 9.17) is 22.1 Å². The van der Waals surface area contributed by atoms with E-state index < -0.39 is 6.43 Å². The van der Waals surface area contributed by atoms with Crippen molar-refractivity contribution in [2.24, 2.45) is 0 Å². The van der Waals surface area contributed by atoms with E-state index >= 15 is 0 Å². The molecule has 0 saturated heterocycles. The third-order valence-corrected chi connectivity index (χ3v) is 2.33. The van der Waals surface area contributed by atoms with E-state index in [0.717, 1.165) is 6.20 Å². The van der Waals surface area contributed by atoms with Crippen LogP contribution in [-0.2, 0) is 12.3 Å². The lowest BCUT2D eigenvalue weighted by molar-refractivity contribution is 0.150. The van der Waals surface area contributed by atoms with Gasteiger partial charge in [-0.1, -0.05) is 0 Å². The molecular formula is C10H6ClF2N3. The Balaban J connectivity index is 3.45. The normalized spacial score (nSPS) is 9.88. The smallest absolute Gasteiger partial charge is 0.245 e. The Labute approximate surface area is 95.9 Å². The maximum atomic E-state index is 12.6. The van der Waals surface area contributed by atoms with Gasteiger partial charge in [0.1, 0.15) is 11.8 Å². The molecule has 0 aliphatic carbocycles. The number of alkyl halides is 3. The summed E-state index contributed by atoms with van der Waals surface area (Å²) in [6.45, 7) is 0. The summed E-state index contributed by atoms with van der Waals surface area (Å²) in [5.74, 6) is -0.173. The third kappa shape index (κ3) is 2.26. The number of nitriles is 2. The van der Waals surface area contributed by atoms with E-state index in [2.05, 4.69) is 4.98 Å². The van der Waals surface area contributed by atoms with Crippen LogP contribution in [0.1, 0.15) is 28.8 Å². The number of rotatable bonds is 3. The van der Waals surface area contributed by atoms with Crippen molar-refractivity contribution >= 4 is 11.6 Å². The molecule has 0 aromatic carbocycles. The van der Waals surface area contributed by atoms with Crippen molar-refractivity contribution in [1.82, 2.24) is 4.98 Å². The third-order valence-electron chi connectivity index (χ3n) is 2.06. The maximum absolute atomic E-state index is 12.6. The average molecular weight is 242 g/mol. The Morgan fingerprint density at radius 2 is 2.06 bits per heavy atom. The Morgan fingerprint density at radius 1 is 1.38 bits per heavy atom. The number of pyridine rings is 1. The molecule has 1 heterocycles. The van der Waals surface area contributed by atoms with Gasteiger partial charge in [-0.05, 0) is 5.56 Å². The molecule has 0 aliphatic heterocycles. The molecule has 6 heteroatoms. The Morgan fingerprint density at radius 3 is 2.50 bits per heavy atom. The number of nitrogens with zero attached hydrogens (tertiary/aromatic N) is 3. The summed E-state index contributed by atoms with van der Waals surface area (Å²) in [5, 5.41) is 17.3. The molecule has 0 fully saturated rings. The highest BCUT2D eigenvalue weighted by Crippen LogP contribution is 2.27. The summed E-state index contributed by atoms with van der Waals surface area (Å²) in [4.78, 5) is 3.59. The van der Waals surface area contributed by atoms with Crippen LogP contribution in [0.2, 0.25) is 0 Å². The zero-order valence-corrected chi connectivity index (χ0v) is 8.80. The van der Waals surface area contributed by atoms with Gasteiger partial charge in [-0.15, -0.1) is 11.6 Å². The van der Waals surface area contributed by atoms with Crippen molar-refractivity contribution < 1.29 is 8.78 Å². The highest BCUT2D eigenvalue weighted by Gasteiger charge is 2.19. The second kappa shape index (κ2) is 5.39. The van der Waals surface area contributed by atoms with Gasteiger partial charge in [-0.25, -0.2) is 13.8 Å². The van der Waals surface area contributed by atoms with E-state index in [1.807, 2.05) is 0 Å². The molecule has 0 atom stereocenters. The molecule has 16 heavy (non-hydrogen) atoms. The minimum absolute atomic E-state index is 0.0263. The van der Waals surface area contributed by atoms with Crippen LogP contribution in [0.3, 0.4) is 0 Å². The van der Waals surface area contributed by atoms with Gasteiger partial charge in [-0.3, -0.25) is 0 Å². The first kappa shape index (κ1) is 12.4. The maximum Gasteiger partial charge on any atom is 0.265 e. The fraction of sp³-hybridized carbons (Fsp3) is 0.300. The lowest BCUT2D eigenvalue weighted by Gasteiger charge is -2.10. The fourth-order valence-corrected chi connectivity index (χ4v) is 1.63. The largest absolute Gasteiger partial charge is 0.265 e. The molecule has 3 nitrogen and oxygen atoms in total. The summed E-state index contributed by atoms with van der Waals surface area (Å²) in [5.41, 5.74) is -0.0246. The summed E-state index contributed by atoms with van der Waals surface area (Å²) in [6.07, 6.45) is -1.94. The quantitative estimate of drug-likeness (QED) is 0.765. The highest BCUT2D eigenvalue weighted by atomic mass is 35.5. The van der Waals surface area contributed by atoms with E-state index in [0.29, 0.717) is 0 Å². The van der Waals surface area contributed by atoms with Crippen LogP contribution in [0.15, 0.2) is 6.20 Å². The number of hydrogen-bond acceptors (Lipinski definition) is 3. The standard InChI is InChI=1S/C10H6ClF2N3/c11-3-7-6(1-2-14)9(4-15)16-5-8(7)10(12)13/h5,10H,1,3H2. The SMILES string of the molecule is N#CCc1c(C#N)ncc(C(F)F)c1CCl. The van der Waals surface area contributed by atoms with Gasteiger partial charge in [0.25, 0.3) is 6.43 Å². The van der Waals surface area contributed by atoms with Gasteiger partial charge in [-0.2, -0.15) is 10.5 Å². The summed E-state index contributed by atoms with van der Waals surface area (Å²) >= 11 is 5.57. The van der Waals surface area contributed by atoms with Crippen molar-refractivity contribution in [2.75, 3.05) is 0 Å². The van der Waals surface area contributed by atoms with Gasteiger partial charge in [0, 0.05) is 23.2 Å². The fourth-order valence-electron chi connectivity index (χ4n) is 1.32. The van der Waals surface area contributed by atoms with Crippen LogP contribution in [0.4, 0.5) is 8.78 Å². The van der Waals surface area contributed by atoms with Crippen molar-refractivity contribution in [1.29, 1.82) is 10.5 Å². The highest BCUT2D eigenvalue weighted by molar-refractivity contribution is 6.17. The van der Waals surface area contributed by atoms with Gasteiger partial charge in [0.15, 0.2) is 0 Å². The lowest BCUT2D eigenvalue weighted by Crippen LogP contribution is -2.04. The van der Waals surface area contributed by atoms with E-state index in [1.165, 1.54) is 0 Å². The number of aromatic nitrogens is 1. The molecule has 0 radical (unpaired) electrons. The van der Waals surface area contributed by atoms with Crippen LogP contribution in [0.5, 0.6) is 0 Å². The van der Waals surface area contributed by atoms with Crippen LogP contribution < -0.4 is 0 Å². The first-order chi connectivity index (χ1) is 7.65. The second-order valence-corrected chi connectivity index (χ2v) is 3.17. The van der Waals surface area contributed by atoms with Gasteiger partial charge >= 0.3 is 0 Å². The van der Waals surface area contributed by atoms with E-state index in [9.17, 15) is 8.78 Å². The average Bonchev–Trinajstić information content (AvgIpc) is 2.28. The Kier molecular flexibility index (Phi) is 4.16. The van der Waals surface area contributed by atoms with Crippen LogP contribution in [-0.4, -0.2) is 4.98 Å². The van der Waals surface area contributed by atoms with Crippen molar-refractivity contribution in [3.05, 3.63) is 28.6 Å².